The van der Waals surface area contributed by atoms with E-state index < -0.39 is 0 Å². The zero-order chi connectivity index (χ0) is 11.7. The average Bonchev–Trinajstić information content (AvgIpc) is 2.16. The quantitative estimate of drug-likeness (QED) is 0.352. The molecule has 0 aliphatic carbocycles. The number of nitrogens with one attached hydrogen (secondary N) is 1. The minimum atomic E-state index is -0.174. The predicted octanol–water partition coefficient (Wildman–Crippen LogP) is 2.94. The van der Waals surface area contributed by atoms with Gasteiger partial charge in [-0.05, 0) is 19.3 Å². The number of ether oxygens (including phenoxy) is 1. The molecule has 0 unspecified atom stereocenters. The molecule has 0 fully saturated rings. The highest BCUT2D eigenvalue weighted by molar-refractivity contribution is 5.82. The molecule has 3 nitrogen and oxygen atoms in total. The summed E-state index contributed by atoms with van der Waals surface area (Å²) in [5, 5.41) is 7.41. The number of hydrogen-bond donors (Lipinski definition) is 2. The first-order chi connectivity index (χ1) is 7.00. The zero-order valence-electron chi connectivity index (χ0n) is 10.4. The van der Waals surface area contributed by atoms with E-state index in [1.807, 2.05) is 13.8 Å². The van der Waals surface area contributed by atoms with Crippen LogP contribution in [0.1, 0.15) is 52.9 Å². The Labute approximate surface area is 93.9 Å². The van der Waals surface area contributed by atoms with Crippen LogP contribution in [0.2, 0.25) is 0 Å². The third-order valence-electron chi connectivity index (χ3n) is 2.71. The summed E-state index contributed by atoms with van der Waals surface area (Å²) in [7, 11) is 0. The van der Waals surface area contributed by atoms with Crippen molar-refractivity contribution in [2.45, 2.75) is 52.9 Å². The maximum atomic E-state index is 7.41. The predicted molar refractivity (Wildman–Crippen MR) is 65.3 cm³/mol. The molecule has 0 aromatic carbocycles. The van der Waals surface area contributed by atoms with Crippen molar-refractivity contribution in [3.8, 4) is 0 Å². The van der Waals surface area contributed by atoms with E-state index in [0.717, 1.165) is 32.5 Å². The van der Waals surface area contributed by atoms with E-state index in [1.54, 1.807) is 0 Å². The highest BCUT2D eigenvalue weighted by atomic mass is 16.5. The lowest BCUT2D eigenvalue weighted by Crippen LogP contribution is -2.31. The van der Waals surface area contributed by atoms with Crippen molar-refractivity contribution >= 4 is 5.84 Å². The topological polar surface area (TPSA) is 59.1 Å². The second-order valence-electron chi connectivity index (χ2n) is 4.72. The molecule has 0 spiro atoms. The summed E-state index contributed by atoms with van der Waals surface area (Å²) < 4.78 is 5.50. The van der Waals surface area contributed by atoms with Gasteiger partial charge >= 0.3 is 0 Å². The van der Waals surface area contributed by atoms with Gasteiger partial charge in [-0.25, -0.2) is 0 Å². The van der Waals surface area contributed by atoms with Gasteiger partial charge in [-0.3, -0.25) is 5.41 Å². The minimum Gasteiger partial charge on any atom is -0.387 e. The van der Waals surface area contributed by atoms with E-state index in [0.29, 0.717) is 0 Å². The Morgan fingerprint density at radius 3 is 2.33 bits per heavy atom. The van der Waals surface area contributed by atoms with Gasteiger partial charge in [0.1, 0.15) is 0 Å². The van der Waals surface area contributed by atoms with Gasteiger partial charge in [0.05, 0.1) is 5.84 Å². The SMILES string of the molecule is CCCCCOCCCC(C)(C)C(=N)N. The maximum absolute atomic E-state index is 7.41. The van der Waals surface area contributed by atoms with Gasteiger partial charge in [0.25, 0.3) is 0 Å². The molecule has 15 heavy (non-hydrogen) atoms. The fourth-order valence-electron chi connectivity index (χ4n) is 1.31. The van der Waals surface area contributed by atoms with Crippen molar-refractivity contribution in [3.05, 3.63) is 0 Å². The summed E-state index contributed by atoms with van der Waals surface area (Å²) >= 11 is 0. The summed E-state index contributed by atoms with van der Waals surface area (Å²) in [4.78, 5) is 0. The van der Waals surface area contributed by atoms with Crippen LogP contribution in [-0.4, -0.2) is 19.0 Å². The van der Waals surface area contributed by atoms with Gasteiger partial charge in [0, 0.05) is 18.6 Å². The minimum absolute atomic E-state index is 0.174. The monoisotopic (exact) mass is 214 g/mol. The smallest absolute Gasteiger partial charge is 0.0963 e. The number of rotatable bonds is 9. The molecule has 0 aliphatic heterocycles. The number of amidine groups is 1. The molecule has 0 heterocycles. The van der Waals surface area contributed by atoms with Gasteiger partial charge < -0.3 is 10.5 Å². The molecule has 0 amide bonds. The van der Waals surface area contributed by atoms with Gasteiger partial charge in [-0.1, -0.05) is 33.6 Å². The lowest BCUT2D eigenvalue weighted by molar-refractivity contribution is 0.122. The normalized spacial score (nSPS) is 11.7. The number of nitrogens with two attached hydrogens (primary N) is 1. The Morgan fingerprint density at radius 2 is 1.80 bits per heavy atom. The summed E-state index contributed by atoms with van der Waals surface area (Å²) in [6, 6.07) is 0. The Bertz CT molecular complexity index is 178. The molecule has 0 aromatic heterocycles. The molecule has 0 bridgehead atoms. The van der Waals surface area contributed by atoms with Gasteiger partial charge in [-0.15, -0.1) is 0 Å². The van der Waals surface area contributed by atoms with Crippen LogP contribution in [-0.2, 0) is 4.74 Å². The van der Waals surface area contributed by atoms with E-state index >= 15 is 0 Å². The molecule has 0 aromatic rings. The lowest BCUT2D eigenvalue weighted by atomic mass is 9.87. The zero-order valence-corrected chi connectivity index (χ0v) is 10.4. The van der Waals surface area contributed by atoms with Crippen LogP contribution in [0.5, 0.6) is 0 Å². The second-order valence-corrected chi connectivity index (χ2v) is 4.72. The van der Waals surface area contributed by atoms with E-state index in [9.17, 15) is 0 Å². The van der Waals surface area contributed by atoms with Crippen LogP contribution >= 0.6 is 0 Å². The molecule has 90 valence electrons. The molecule has 0 saturated carbocycles. The largest absolute Gasteiger partial charge is 0.387 e. The summed E-state index contributed by atoms with van der Waals surface area (Å²) in [6.07, 6.45) is 5.56. The summed E-state index contributed by atoms with van der Waals surface area (Å²) in [6.45, 7) is 7.86. The Balaban J connectivity index is 3.35. The van der Waals surface area contributed by atoms with Crippen molar-refractivity contribution in [1.29, 1.82) is 5.41 Å². The number of unbranched alkanes of at least 4 members (excludes halogenated alkanes) is 2. The van der Waals surface area contributed by atoms with Crippen molar-refractivity contribution in [2.24, 2.45) is 11.1 Å². The second kappa shape index (κ2) is 7.69. The summed E-state index contributed by atoms with van der Waals surface area (Å²) in [5.41, 5.74) is 5.32. The molecular weight excluding hydrogens is 188 g/mol. The van der Waals surface area contributed by atoms with Crippen LogP contribution in [0.4, 0.5) is 0 Å². The van der Waals surface area contributed by atoms with E-state index in [1.165, 1.54) is 12.8 Å². The fraction of sp³-hybridized carbons (Fsp3) is 0.917. The van der Waals surface area contributed by atoms with Crippen LogP contribution < -0.4 is 5.73 Å². The van der Waals surface area contributed by atoms with Crippen molar-refractivity contribution in [3.63, 3.8) is 0 Å². The van der Waals surface area contributed by atoms with E-state index in [2.05, 4.69) is 6.92 Å². The van der Waals surface area contributed by atoms with E-state index in [-0.39, 0.29) is 11.3 Å². The van der Waals surface area contributed by atoms with Crippen LogP contribution in [0.25, 0.3) is 0 Å². The van der Waals surface area contributed by atoms with Gasteiger partial charge in [0.2, 0.25) is 0 Å². The molecule has 0 aliphatic rings. The van der Waals surface area contributed by atoms with Gasteiger partial charge in [-0.2, -0.15) is 0 Å². The van der Waals surface area contributed by atoms with Crippen LogP contribution in [0, 0.1) is 10.8 Å². The molecule has 0 saturated heterocycles. The fourth-order valence-corrected chi connectivity index (χ4v) is 1.31. The first kappa shape index (κ1) is 14.4. The van der Waals surface area contributed by atoms with E-state index in [4.69, 9.17) is 15.9 Å². The van der Waals surface area contributed by atoms with Crippen LogP contribution in [0.15, 0.2) is 0 Å². The summed E-state index contributed by atoms with van der Waals surface area (Å²) in [5.74, 6) is 0.272. The molecular formula is C12H26N2O. The molecule has 0 rings (SSSR count). The van der Waals surface area contributed by atoms with Crippen molar-refractivity contribution in [2.75, 3.05) is 13.2 Å². The lowest BCUT2D eigenvalue weighted by Gasteiger charge is -2.22. The number of hydrogen-bond acceptors (Lipinski definition) is 2. The molecule has 0 atom stereocenters. The van der Waals surface area contributed by atoms with Crippen molar-refractivity contribution in [1.82, 2.24) is 0 Å². The highest BCUT2D eigenvalue weighted by Crippen LogP contribution is 2.21. The molecule has 3 heteroatoms. The molecule has 3 N–H and O–H groups in total. The molecule has 0 radical (unpaired) electrons. The third-order valence-corrected chi connectivity index (χ3v) is 2.71. The highest BCUT2D eigenvalue weighted by Gasteiger charge is 2.20. The standard InChI is InChI=1S/C12H26N2O/c1-4-5-6-9-15-10-7-8-12(2,3)11(13)14/h4-10H2,1-3H3,(H3,13,14). The Kier molecular flexibility index (Phi) is 7.39. The van der Waals surface area contributed by atoms with Gasteiger partial charge in [0.15, 0.2) is 0 Å². The Hall–Kier alpha value is -0.570. The first-order valence-corrected chi connectivity index (χ1v) is 5.93. The van der Waals surface area contributed by atoms with Crippen LogP contribution in [0.3, 0.4) is 0 Å². The van der Waals surface area contributed by atoms with Crippen molar-refractivity contribution < 1.29 is 4.74 Å². The first-order valence-electron chi connectivity index (χ1n) is 5.93. The maximum Gasteiger partial charge on any atom is 0.0963 e. The Morgan fingerprint density at radius 1 is 1.20 bits per heavy atom. The third kappa shape index (κ3) is 7.37. The average molecular weight is 214 g/mol.